The normalized spacial score (nSPS) is 10.9. The number of ether oxygens (including phenoxy) is 1. The number of nitrogens with zero attached hydrogens (tertiary/aromatic N) is 1. The van der Waals surface area contributed by atoms with Gasteiger partial charge >= 0.3 is 6.09 Å². The highest BCUT2D eigenvalue weighted by Crippen LogP contribution is 2.13. The minimum absolute atomic E-state index is 0.487. The predicted molar refractivity (Wildman–Crippen MR) is 87.9 cm³/mol. The molecule has 0 aliphatic heterocycles. The number of carbonyl (C=O) groups excluding carboxylic acids is 1. The van der Waals surface area contributed by atoms with Gasteiger partial charge in [-0.3, -0.25) is 5.32 Å². The van der Waals surface area contributed by atoms with Crippen LogP contribution in [0.2, 0.25) is 0 Å². The van der Waals surface area contributed by atoms with Gasteiger partial charge in [-0.05, 0) is 38.5 Å². The number of amides is 1. The van der Waals surface area contributed by atoms with Crippen molar-refractivity contribution in [3.05, 3.63) is 54.2 Å². The standard InChI is InChI=1S/C17H21N3O2/c1-17(2,3)22-16(21)20-14-9-10-15(19-12-14)18-11-13-7-5-4-6-8-13/h4-10,12H,11H2,1-3H3,(H,18,19)(H,20,21). The lowest BCUT2D eigenvalue weighted by Crippen LogP contribution is -2.27. The predicted octanol–water partition coefficient (Wildman–Crippen LogP) is 4.04. The molecule has 0 radical (unpaired) electrons. The van der Waals surface area contributed by atoms with E-state index in [1.54, 1.807) is 12.3 Å². The molecular formula is C17H21N3O2. The summed E-state index contributed by atoms with van der Waals surface area (Å²) >= 11 is 0. The van der Waals surface area contributed by atoms with Gasteiger partial charge in [-0.2, -0.15) is 0 Å². The van der Waals surface area contributed by atoms with Gasteiger partial charge in [0.1, 0.15) is 11.4 Å². The molecule has 0 saturated carbocycles. The lowest BCUT2D eigenvalue weighted by Gasteiger charge is -2.19. The molecule has 5 heteroatoms. The summed E-state index contributed by atoms with van der Waals surface area (Å²) in [4.78, 5) is 15.9. The fourth-order valence-corrected chi connectivity index (χ4v) is 1.78. The van der Waals surface area contributed by atoms with Crippen molar-refractivity contribution in [3.63, 3.8) is 0 Å². The maximum atomic E-state index is 11.6. The molecule has 1 amide bonds. The number of carbonyl (C=O) groups is 1. The zero-order valence-electron chi connectivity index (χ0n) is 13.1. The summed E-state index contributed by atoms with van der Waals surface area (Å²) in [6.07, 6.45) is 1.11. The van der Waals surface area contributed by atoms with E-state index in [1.165, 1.54) is 5.56 Å². The third-order valence-corrected chi connectivity index (χ3v) is 2.73. The van der Waals surface area contributed by atoms with Crippen LogP contribution in [0.1, 0.15) is 26.3 Å². The fourth-order valence-electron chi connectivity index (χ4n) is 1.78. The number of nitrogens with one attached hydrogen (secondary N) is 2. The highest BCUT2D eigenvalue weighted by molar-refractivity contribution is 5.84. The summed E-state index contributed by atoms with van der Waals surface area (Å²) in [5.74, 6) is 0.749. The van der Waals surface area contributed by atoms with Gasteiger partial charge in [-0.1, -0.05) is 30.3 Å². The van der Waals surface area contributed by atoms with Gasteiger partial charge in [0.2, 0.25) is 0 Å². The first-order valence-electron chi connectivity index (χ1n) is 7.16. The van der Waals surface area contributed by atoms with Crippen LogP contribution in [0, 0.1) is 0 Å². The van der Waals surface area contributed by atoms with E-state index in [0.717, 1.165) is 5.82 Å². The van der Waals surface area contributed by atoms with Gasteiger partial charge < -0.3 is 10.1 Å². The first-order chi connectivity index (χ1) is 10.4. The Balaban J connectivity index is 1.86. The smallest absolute Gasteiger partial charge is 0.412 e. The molecule has 0 aliphatic carbocycles. The lowest BCUT2D eigenvalue weighted by molar-refractivity contribution is 0.0636. The number of benzene rings is 1. The Kier molecular flexibility index (Phi) is 4.99. The molecule has 1 heterocycles. The van der Waals surface area contributed by atoms with Gasteiger partial charge in [-0.15, -0.1) is 0 Å². The number of pyridine rings is 1. The molecule has 2 rings (SSSR count). The van der Waals surface area contributed by atoms with Crippen molar-refractivity contribution < 1.29 is 9.53 Å². The van der Waals surface area contributed by atoms with Crippen LogP contribution in [0.4, 0.5) is 16.3 Å². The molecule has 0 unspecified atom stereocenters. The Labute approximate surface area is 130 Å². The van der Waals surface area contributed by atoms with Crippen LogP contribution >= 0.6 is 0 Å². The second kappa shape index (κ2) is 6.93. The molecule has 0 fully saturated rings. The van der Waals surface area contributed by atoms with Crippen molar-refractivity contribution in [3.8, 4) is 0 Å². The summed E-state index contributed by atoms with van der Waals surface area (Å²) < 4.78 is 5.18. The van der Waals surface area contributed by atoms with E-state index in [9.17, 15) is 4.79 Å². The van der Waals surface area contributed by atoms with Gasteiger partial charge in [0, 0.05) is 6.54 Å². The van der Waals surface area contributed by atoms with E-state index in [-0.39, 0.29) is 0 Å². The van der Waals surface area contributed by atoms with Crippen molar-refractivity contribution in [1.82, 2.24) is 4.98 Å². The molecule has 22 heavy (non-hydrogen) atoms. The Morgan fingerprint density at radius 2 is 1.86 bits per heavy atom. The molecule has 0 spiro atoms. The van der Waals surface area contributed by atoms with Crippen molar-refractivity contribution >= 4 is 17.6 Å². The molecular weight excluding hydrogens is 278 g/mol. The zero-order valence-corrected chi connectivity index (χ0v) is 13.1. The molecule has 5 nitrogen and oxygen atoms in total. The molecule has 2 aromatic rings. The fraction of sp³-hybridized carbons (Fsp3) is 0.294. The highest BCUT2D eigenvalue weighted by Gasteiger charge is 2.16. The van der Waals surface area contributed by atoms with E-state index in [4.69, 9.17) is 4.74 Å². The van der Waals surface area contributed by atoms with Crippen LogP contribution in [0.3, 0.4) is 0 Å². The second-order valence-electron chi connectivity index (χ2n) is 5.90. The van der Waals surface area contributed by atoms with Crippen molar-refractivity contribution in [2.45, 2.75) is 32.9 Å². The Morgan fingerprint density at radius 3 is 2.45 bits per heavy atom. The topological polar surface area (TPSA) is 63.2 Å². The average Bonchev–Trinajstić information content (AvgIpc) is 2.45. The van der Waals surface area contributed by atoms with Crippen LogP contribution in [0.5, 0.6) is 0 Å². The number of hydrogen-bond donors (Lipinski definition) is 2. The lowest BCUT2D eigenvalue weighted by atomic mass is 10.2. The summed E-state index contributed by atoms with van der Waals surface area (Å²) in [6, 6.07) is 13.7. The minimum Gasteiger partial charge on any atom is -0.444 e. The van der Waals surface area contributed by atoms with E-state index in [0.29, 0.717) is 12.2 Å². The molecule has 2 N–H and O–H groups in total. The van der Waals surface area contributed by atoms with Crippen LogP contribution < -0.4 is 10.6 Å². The van der Waals surface area contributed by atoms with Crippen LogP contribution in [0.25, 0.3) is 0 Å². The summed E-state index contributed by atoms with van der Waals surface area (Å²) in [7, 11) is 0. The summed E-state index contributed by atoms with van der Waals surface area (Å²) in [5, 5.41) is 5.87. The molecule has 0 saturated heterocycles. The number of anilines is 2. The number of aromatic nitrogens is 1. The Bertz CT molecular complexity index is 604. The van der Waals surface area contributed by atoms with E-state index < -0.39 is 11.7 Å². The number of rotatable bonds is 4. The van der Waals surface area contributed by atoms with Crippen molar-refractivity contribution in [2.75, 3.05) is 10.6 Å². The van der Waals surface area contributed by atoms with Gasteiger partial charge in [-0.25, -0.2) is 9.78 Å². The molecule has 0 aliphatic rings. The molecule has 0 bridgehead atoms. The molecule has 116 valence electrons. The largest absolute Gasteiger partial charge is 0.444 e. The van der Waals surface area contributed by atoms with E-state index >= 15 is 0 Å². The Morgan fingerprint density at radius 1 is 1.14 bits per heavy atom. The number of hydrogen-bond acceptors (Lipinski definition) is 4. The second-order valence-corrected chi connectivity index (χ2v) is 5.90. The summed E-state index contributed by atoms with van der Waals surface area (Å²) in [6.45, 7) is 6.16. The highest BCUT2D eigenvalue weighted by atomic mass is 16.6. The van der Waals surface area contributed by atoms with Crippen LogP contribution in [-0.4, -0.2) is 16.7 Å². The monoisotopic (exact) mass is 299 g/mol. The van der Waals surface area contributed by atoms with E-state index in [2.05, 4.69) is 15.6 Å². The van der Waals surface area contributed by atoms with Crippen molar-refractivity contribution in [1.29, 1.82) is 0 Å². The SMILES string of the molecule is CC(C)(C)OC(=O)Nc1ccc(NCc2ccccc2)nc1. The van der Waals surface area contributed by atoms with Crippen molar-refractivity contribution in [2.24, 2.45) is 0 Å². The average molecular weight is 299 g/mol. The third-order valence-electron chi connectivity index (χ3n) is 2.73. The minimum atomic E-state index is -0.519. The maximum Gasteiger partial charge on any atom is 0.412 e. The molecule has 0 atom stereocenters. The molecule has 1 aromatic carbocycles. The third kappa shape index (κ3) is 5.44. The van der Waals surface area contributed by atoms with Gasteiger partial charge in [0.25, 0.3) is 0 Å². The summed E-state index contributed by atoms with van der Waals surface area (Å²) in [5.41, 5.74) is 1.26. The van der Waals surface area contributed by atoms with Crippen LogP contribution in [-0.2, 0) is 11.3 Å². The maximum absolute atomic E-state index is 11.6. The molecule has 1 aromatic heterocycles. The zero-order chi connectivity index (χ0) is 16.0. The van der Waals surface area contributed by atoms with E-state index in [1.807, 2.05) is 57.2 Å². The first-order valence-corrected chi connectivity index (χ1v) is 7.16. The Hall–Kier alpha value is -2.56. The first kappa shape index (κ1) is 15.8. The van der Waals surface area contributed by atoms with Crippen LogP contribution in [0.15, 0.2) is 48.7 Å². The quantitative estimate of drug-likeness (QED) is 0.894. The van der Waals surface area contributed by atoms with Gasteiger partial charge in [0.05, 0.1) is 11.9 Å². The van der Waals surface area contributed by atoms with Gasteiger partial charge in [0.15, 0.2) is 0 Å².